The third-order valence-corrected chi connectivity index (χ3v) is 11.3. The first-order valence-corrected chi connectivity index (χ1v) is 24.8. The van der Waals surface area contributed by atoms with E-state index in [-0.39, 0.29) is 12.5 Å². The fraction of sp³-hybridized carbons (Fsp3) is 0.851. The SMILES string of the molecule is CCCCCCCC/C=C/CC/C=C/C(O)C(COP(=O)([O-])OCC[N+](C)(C)C)NC(=O)CCCCCCCCC/C=C\CCCCCCCCCCCCC. The zero-order valence-electron chi connectivity index (χ0n) is 37.3. The summed E-state index contributed by atoms with van der Waals surface area (Å²) in [6.07, 6.45) is 47.7. The van der Waals surface area contributed by atoms with Gasteiger partial charge in [-0.15, -0.1) is 0 Å². The summed E-state index contributed by atoms with van der Waals surface area (Å²) in [5.41, 5.74) is 0. The minimum Gasteiger partial charge on any atom is -0.756 e. The van der Waals surface area contributed by atoms with Gasteiger partial charge in [0.05, 0.1) is 39.9 Å². The van der Waals surface area contributed by atoms with Gasteiger partial charge in [-0.2, -0.15) is 0 Å². The number of phosphoric acid groups is 1. The van der Waals surface area contributed by atoms with Gasteiger partial charge in [-0.3, -0.25) is 9.36 Å². The van der Waals surface area contributed by atoms with Gasteiger partial charge in [-0.05, 0) is 57.8 Å². The Kier molecular flexibility index (Phi) is 38.3. The van der Waals surface area contributed by atoms with E-state index in [9.17, 15) is 19.4 Å². The number of rotatable bonds is 42. The van der Waals surface area contributed by atoms with Crippen molar-refractivity contribution in [3.05, 3.63) is 36.5 Å². The number of nitrogens with zero attached hydrogens (tertiary/aromatic N) is 1. The molecule has 9 heteroatoms. The van der Waals surface area contributed by atoms with E-state index in [2.05, 4.69) is 43.5 Å². The van der Waals surface area contributed by atoms with Crippen LogP contribution in [0.5, 0.6) is 0 Å². The zero-order valence-corrected chi connectivity index (χ0v) is 38.2. The Bertz CT molecular complexity index is 1010. The highest BCUT2D eigenvalue weighted by atomic mass is 31.2. The topological polar surface area (TPSA) is 108 Å². The molecule has 56 heavy (non-hydrogen) atoms. The molecular formula is C47H91N2O6P. The first kappa shape index (κ1) is 54.7. The van der Waals surface area contributed by atoms with Crippen molar-refractivity contribution in [1.82, 2.24) is 5.32 Å². The summed E-state index contributed by atoms with van der Waals surface area (Å²) < 4.78 is 23.2. The number of hydrogen-bond donors (Lipinski definition) is 2. The zero-order chi connectivity index (χ0) is 41.4. The average Bonchev–Trinajstić information content (AvgIpc) is 3.15. The number of aliphatic hydroxyl groups is 1. The highest BCUT2D eigenvalue weighted by Crippen LogP contribution is 2.38. The molecule has 0 aliphatic carbocycles. The summed E-state index contributed by atoms with van der Waals surface area (Å²) in [6.45, 7) is 4.61. The van der Waals surface area contributed by atoms with Gasteiger partial charge in [0, 0.05) is 6.42 Å². The second-order valence-electron chi connectivity index (χ2n) is 17.1. The molecule has 0 heterocycles. The second-order valence-corrected chi connectivity index (χ2v) is 18.5. The van der Waals surface area contributed by atoms with Crippen LogP contribution in [0.4, 0.5) is 0 Å². The predicted molar refractivity (Wildman–Crippen MR) is 238 cm³/mol. The Balaban J connectivity index is 4.32. The van der Waals surface area contributed by atoms with Crippen LogP contribution in [0.2, 0.25) is 0 Å². The standard InChI is InChI=1S/C47H91N2O6P/c1-6-8-10-12-14-16-18-20-21-22-23-24-25-26-27-28-29-31-33-35-37-39-41-47(51)48-45(44-55-56(52,53)54-43-42-49(3,4)5)46(50)40-38-36-34-32-30-19-17-15-13-11-9-7-2/h25-26,30,32,38,40,45-46,50H,6-24,27-29,31,33-37,39,41-44H2,1-5H3,(H-,48,51,52,53)/b26-25-,32-30+,40-38+. The Morgan fingerprint density at radius 1 is 0.607 bits per heavy atom. The lowest BCUT2D eigenvalue weighted by molar-refractivity contribution is -0.870. The largest absolute Gasteiger partial charge is 0.756 e. The van der Waals surface area contributed by atoms with E-state index >= 15 is 0 Å². The summed E-state index contributed by atoms with van der Waals surface area (Å²) in [6, 6.07) is -0.903. The molecule has 8 nitrogen and oxygen atoms in total. The first-order valence-electron chi connectivity index (χ1n) is 23.4. The third-order valence-electron chi connectivity index (χ3n) is 10.3. The Morgan fingerprint density at radius 3 is 1.45 bits per heavy atom. The summed E-state index contributed by atoms with van der Waals surface area (Å²) in [4.78, 5) is 25.3. The van der Waals surface area contributed by atoms with Crippen LogP contribution in [0.1, 0.15) is 206 Å². The van der Waals surface area contributed by atoms with Gasteiger partial charge in [-0.25, -0.2) is 0 Å². The maximum atomic E-state index is 12.9. The minimum absolute atomic E-state index is 0.00725. The maximum Gasteiger partial charge on any atom is 0.268 e. The molecule has 0 aliphatic rings. The van der Waals surface area contributed by atoms with Crippen LogP contribution in [-0.2, 0) is 18.4 Å². The van der Waals surface area contributed by atoms with Crippen LogP contribution < -0.4 is 10.2 Å². The van der Waals surface area contributed by atoms with Gasteiger partial charge in [-0.1, -0.05) is 179 Å². The van der Waals surface area contributed by atoms with E-state index < -0.39 is 26.6 Å². The van der Waals surface area contributed by atoms with Crippen molar-refractivity contribution in [3.8, 4) is 0 Å². The molecule has 1 amide bonds. The maximum absolute atomic E-state index is 12.9. The average molecular weight is 811 g/mol. The molecule has 0 bridgehead atoms. The number of nitrogens with one attached hydrogen (secondary N) is 1. The number of likely N-dealkylation sites (N-methyl/N-ethyl adjacent to an activating group) is 1. The summed E-state index contributed by atoms with van der Waals surface area (Å²) in [5.74, 6) is -0.213. The lowest BCUT2D eigenvalue weighted by Gasteiger charge is -2.29. The van der Waals surface area contributed by atoms with Gasteiger partial charge >= 0.3 is 0 Å². The van der Waals surface area contributed by atoms with Crippen molar-refractivity contribution in [2.45, 2.75) is 219 Å². The molecule has 0 aromatic carbocycles. The molecule has 0 aromatic rings. The van der Waals surface area contributed by atoms with Crippen LogP contribution >= 0.6 is 7.82 Å². The number of aliphatic hydroxyl groups excluding tert-OH is 1. The van der Waals surface area contributed by atoms with Crippen molar-refractivity contribution >= 4 is 13.7 Å². The molecule has 0 saturated carbocycles. The van der Waals surface area contributed by atoms with E-state index in [1.54, 1.807) is 6.08 Å². The molecular weight excluding hydrogens is 719 g/mol. The van der Waals surface area contributed by atoms with E-state index in [1.165, 1.54) is 148 Å². The fourth-order valence-electron chi connectivity index (χ4n) is 6.57. The fourth-order valence-corrected chi connectivity index (χ4v) is 7.30. The number of quaternary nitrogens is 1. The van der Waals surface area contributed by atoms with Gasteiger partial charge in [0.2, 0.25) is 5.91 Å². The number of carbonyl (C=O) groups excluding carboxylic acids is 1. The van der Waals surface area contributed by atoms with E-state index in [4.69, 9.17) is 9.05 Å². The number of allylic oxidation sites excluding steroid dienone is 5. The van der Waals surface area contributed by atoms with E-state index in [0.717, 1.165) is 38.5 Å². The molecule has 0 spiro atoms. The second kappa shape index (κ2) is 39.2. The van der Waals surface area contributed by atoms with Crippen molar-refractivity contribution in [2.24, 2.45) is 0 Å². The molecule has 0 saturated heterocycles. The van der Waals surface area contributed by atoms with E-state index in [1.807, 2.05) is 27.2 Å². The van der Waals surface area contributed by atoms with Gasteiger partial charge < -0.3 is 28.8 Å². The van der Waals surface area contributed by atoms with Crippen molar-refractivity contribution in [1.29, 1.82) is 0 Å². The summed E-state index contributed by atoms with van der Waals surface area (Å²) in [5, 5.41) is 13.7. The lowest BCUT2D eigenvalue weighted by Crippen LogP contribution is -2.45. The molecule has 0 rings (SSSR count). The highest BCUT2D eigenvalue weighted by Gasteiger charge is 2.23. The highest BCUT2D eigenvalue weighted by molar-refractivity contribution is 7.45. The molecule has 0 radical (unpaired) electrons. The van der Waals surface area contributed by atoms with E-state index in [0.29, 0.717) is 17.4 Å². The van der Waals surface area contributed by atoms with Gasteiger partial charge in [0.1, 0.15) is 13.2 Å². The Morgan fingerprint density at radius 2 is 1.00 bits per heavy atom. The normalized spacial score (nSPS) is 14.6. The molecule has 3 unspecified atom stereocenters. The minimum atomic E-state index is -4.59. The monoisotopic (exact) mass is 811 g/mol. The Hall–Kier alpha value is -1.28. The van der Waals surface area contributed by atoms with Crippen molar-refractivity contribution in [2.75, 3.05) is 40.9 Å². The third kappa shape index (κ3) is 40.9. The number of amides is 1. The molecule has 3 atom stereocenters. The molecule has 2 N–H and O–H groups in total. The smallest absolute Gasteiger partial charge is 0.268 e. The van der Waals surface area contributed by atoms with Crippen LogP contribution in [0.3, 0.4) is 0 Å². The lowest BCUT2D eigenvalue weighted by atomic mass is 10.0. The van der Waals surface area contributed by atoms with Gasteiger partial charge in [0.25, 0.3) is 7.82 Å². The summed E-state index contributed by atoms with van der Waals surface area (Å²) >= 11 is 0. The Labute approximate surface area is 347 Å². The predicted octanol–water partition coefficient (Wildman–Crippen LogP) is 12.5. The summed E-state index contributed by atoms with van der Waals surface area (Å²) in [7, 11) is 1.24. The number of carbonyl (C=O) groups is 1. The van der Waals surface area contributed by atoms with Crippen molar-refractivity contribution in [3.63, 3.8) is 0 Å². The molecule has 330 valence electrons. The quantitative estimate of drug-likeness (QED) is 0.0275. The first-order chi connectivity index (χ1) is 27.0. The number of hydrogen-bond acceptors (Lipinski definition) is 6. The number of unbranched alkanes of at least 4 members (excludes halogenated alkanes) is 25. The van der Waals surface area contributed by atoms with Gasteiger partial charge in [0.15, 0.2) is 0 Å². The van der Waals surface area contributed by atoms with Crippen LogP contribution in [0.25, 0.3) is 0 Å². The molecule has 0 fully saturated rings. The number of phosphoric ester groups is 1. The van der Waals surface area contributed by atoms with Crippen LogP contribution in [-0.4, -0.2) is 68.5 Å². The van der Waals surface area contributed by atoms with Crippen molar-refractivity contribution < 1.29 is 32.9 Å². The molecule has 0 aliphatic heterocycles. The van der Waals surface area contributed by atoms with Crippen LogP contribution in [0, 0.1) is 0 Å². The molecule has 0 aromatic heterocycles. The van der Waals surface area contributed by atoms with Crippen LogP contribution in [0.15, 0.2) is 36.5 Å².